The number of amides is 1. The summed E-state index contributed by atoms with van der Waals surface area (Å²) >= 11 is 3.30. The number of halogens is 2. The van der Waals surface area contributed by atoms with Crippen LogP contribution in [0.15, 0.2) is 46.9 Å². The average Bonchev–Trinajstić information content (AvgIpc) is 2.43. The number of carboxylic acid groups (broad SMARTS) is 1. The first-order valence-corrected chi connectivity index (χ1v) is 6.82. The number of carboxylic acids is 1. The monoisotopic (exact) mass is 351 g/mol. The van der Waals surface area contributed by atoms with Gasteiger partial charge in [0.15, 0.2) is 0 Å². The topological polar surface area (TPSA) is 66.4 Å². The maximum atomic E-state index is 13.0. The molecule has 2 rings (SSSR count). The molecule has 2 N–H and O–H groups in total. The van der Waals surface area contributed by atoms with Gasteiger partial charge in [0, 0.05) is 4.47 Å². The van der Waals surface area contributed by atoms with Crippen molar-refractivity contribution in [3.63, 3.8) is 0 Å². The van der Waals surface area contributed by atoms with E-state index in [1.807, 2.05) is 12.1 Å². The molecule has 0 atom stereocenters. The Morgan fingerprint density at radius 3 is 2.43 bits per heavy atom. The van der Waals surface area contributed by atoms with Crippen molar-refractivity contribution in [1.29, 1.82) is 0 Å². The Hall–Kier alpha value is -2.21. The molecule has 2 aromatic rings. The summed E-state index contributed by atoms with van der Waals surface area (Å²) in [7, 11) is 0. The van der Waals surface area contributed by atoms with Gasteiger partial charge in [0.2, 0.25) is 5.91 Å². The van der Waals surface area contributed by atoms with Gasteiger partial charge in [-0.05, 0) is 35.9 Å². The van der Waals surface area contributed by atoms with Gasteiger partial charge < -0.3 is 10.4 Å². The summed E-state index contributed by atoms with van der Waals surface area (Å²) in [5.41, 5.74) is 0.583. The summed E-state index contributed by atoms with van der Waals surface area (Å²) in [5.74, 6) is -2.34. The van der Waals surface area contributed by atoms with Gasteiger partial charge in [0.25, 0.3) is 0 Å². The summed E-state index contributed by atoms with van der Waals surface area (Å²) in [6.45, 7) is 0. The highest BCUT2D eigenvalue weighted by atomic mass is 79.9. The Morgan fingerprint density at radius 1 is 1.14 bits per heavy atom. The van der Waals surface area contributed by atoms with E-state index in [9.17, 15) is 14.0 Å². The number of hydrogen-bond donors (Lipinski definition) is 2. The Bertz CT molecular complexity index is 686. The van der Waals surface area contributed by atoms with Crippen LogP contribution in [0.3, 0.4) is 0 Å². The summed E-state index contributed by atoms with van der Waals surface area (Å²) in [6, 6.07) is 10.4. The maximum absolute atomic E-state index is 13.0. The van der Waals surface area contributed by atoms with Gasteiger partial charge in [-0.2, -0.15) is 0 Å². The Morgan fingerprint density at radius 2 is 1.81 bits per heavy atom. The highest BCUT2D eigenvalue weighted by Gasteiger charge is 2.13. The van der Waals surface area contributed by atoms with E-state index in [4.69, 9.17) is 5.11 Å². The van der Waals surface area contributed by atoms with Crippen LogP contribution < -0.4 is 5.32 Å². The molecule has 0 radical (unpaired) electrons. The van der Waals surface area contributed by atoms with Crippen LogP contribution in [-0.4, -0.2) is 17.0 Å². The predicted molar refractivity (Wildman–Crippen MR) is 79.8 cm³/mol. The molecule has 21 heavy (non-hydrogen) atoms. The third-order valence-corrected chi connectivity index (χ3v) is 3.29. The summed E-state index contributed by atoms with van der Waals surface area (Å²) < 4.78 is 14.0. The largest absolute Gasteiger partial charge is 0.478 e. The highest BCUT2D eigenvalue weighted by Crippen LogP contribution is 2.18. The molecule has 4 nitrogen and oxygen atoms in total. The predicted octanol–water partition coefficient (Wildman–Crippen LogP) is 3.47. The number of hydrogen-bond acceptors (Lipinski definition) is 2. The first-order chi connectivity index (χ1) is 9.95. The van der Waals surface area contributed by atoms with E-state index in [2.05, 4.69) is 21.2 Å². The van der Waals surface area contributed by atoms with Crippen molar-refractivity contribution in [2.75, 3.05) is 5.32 Å². The van der Waals surface area contributed by atoms with Crippen molar-refractivity contribution in [2.24, 2.45) is 0 Å². The van der Waals surface area contributed by atoms with Crippen molar-refractivity contribution < 1.29 is 19.1 Å². The standard InChI is InChI=1S/C15H11BrFNO3/c16-10-3-1-9(2-4-10)7-14(19)18-13-6-5-11(17)8-12(13)15(20)21/h1-6,8H,7H2,(H,18,19)(H,20,21). The van der Waals surface area contributed by atoms with Crippen LogP contribution in [0.5, 0.6) is 0 Å². The van der Waals surface area contributed by atoms with Crippen LogP contribution in [-0.2, 0) is 11.2 Å². The van der Waals surface area contributed by atoms with E-state index in [-0.39, 0.29) is 23.6 Å². The van der Waals surface area contributed by atoms with Crippen LogP contribution in [0.25, 0.3) is 0 Å². The SMILES string of the molecule is O=C(Cc1ccc(Br)cc1)Nc1ccc(F)cc1C(=O)O. The minimum Gasteiger partial charge on any atom is -0.478 e. The van der Waals surface area contributed by atoms with Gasteiger partial charge in [-0.25, -0.2) is 9.18 Å². The minimum absolute atomic E-state index is 0.0750. The van der Waals surface area contributed by atoms with Crippen molar-refractivity contribution in [1.82, 2.24) is 0 Å². The smallest absolute Gasteiger partial charge is 0.337 e. The second-order valence-electron chi connectivity index (χ2n) is 4.35. The average molecular weight is 352 g/mol. The molecule has 0 saturated carbocycles. The number of carbonyl (C=O) groups is 2. The molecule has 0 aromatic heterocycles. The number of carbonyl (C=O) groups excluding carboxylic acids is 1. The Balaban J connectivity index is 2.12. The number of anilines is 1. The van der Waals surface area contributed by atoms with Crippen molar-refractivity contribution in [3.05, 3.63) is 63.9 Å². The van der Waals surface area contributed by atoms with E-state index in [1.165, 1.54) is 6.07 Å². The van der Waals surface area contributed by atoms with E-state index >= 15 is 0 Å². The minimum atomic E-state index is -1.30. The molecule has 6 heteroatoms. The molecule has 0 aliphatic carbocycles. The highest BCUT2D eigenvalue weighted by molar-refractivity contribution is 9.10. The second kappa shape index (κ2) is 6.49. The van der Waals surface area contributed by atoms with Gasteiger partial charge in [-0.1, -0.05) is 28.1 Å². The zero-order valence-electron chi connectivity index (χ0n) is 10.8. The fourth-order valence-electron chi connectivity index (χ4n) is 1.78. The first-order valence-electron chi connectivity index (χ1n) is 6.03. The van der Waals surface area contributed by atoms with Crippen LogP contribution >= 0.6 is 15.9 Å². The van der Waals surface area contributed by atoms with Crippen molar-refractivity contribution >= 4 is 33.5 Å². The molecule has 0 bridgehead atoms. The van der Waals surface area contributed by atoms with E-state index in [1.54, 1.807) is 12.1 Å². The van der Waals surface area contributed by atoms with E-state index in [0.29, 0.717) is 0 Å². The van der Waals surface area contributed by atoms with Crippen LogP contribution in [0, 0.1) is 5.82 Å². The van der Waals surface area contributed by atoms with Crippen molar-refractivity contribution in [2.45, 2.75) is 6.42 Å². The lowest BCUT2D eigenvalue weighted by Crippen LogP contribution is -2.17. The molecule has 0 aliphatic heterocycles. The normalized spacial score (nSPS) is 10.2. The van der Waals surface area contributed by atoms with Crippen molar-refractivity contribution in [3.8, 4) is 0 Å². The molecule has 0 saturated heterocycles. The molecule has 0 spiro atoms. The molecule has 0 unspecified atom stereocenters. The van der Waals surface area contributed by atoms with Gasteiger partial charge >= 0.3 is 5.97 Å². The lowest BCUT2D eigenvalue weighted by molar-refractivity contribution is -0.115. The molecule has 2 aromatic carbocycles. The van der Waals surface area contributed by atoms with Crippen LogP contribution in [0.4, 0.5) is 10.1 Å². The molecular weight excluding hydrogens is 341 g/mol. The zero-order chi connectivity index (χ0) is 15.4. The quantitative estimate of drug-likeness (QED) is 0.886. The third-order valence-electron chi connectivity index (χ3n) is 2.76. The van der Waals surface area contributed by atoms with E-state index < -0.39 is 11.8 Å². The van der Waals surface area contributed by atoms with Gasteiger partial charge in [0.05, 0.1) is 17.7 Å². The first kappa shape index (κ1) is 15.2. The fourth-order valence-corrected chi connectivity index (χ4v) is 2.05. The van der Waals surface area contributed by atoms with Gasteiger partial charge in [-0.3, -0.25) is 4.79 Å². The zero-order valence-corrected chi connectivity index (χ0v) is 12.4. The van der Waals surface area contributed by atoms with Gasteiger partial charge in [0.1, 0.15) is 5.82 Å². The molecular formula is C15H11BrFNO3. The Labute approximate surface area is 128 Å². The van der Waals surface area contributed by atoms with Crippen LogP contribution in [0.1, 0.15) is 15.9 Å². The molecule has 0 heterocycles. The van der Waals surface area contributed by atoms with Crippen LogP contribution in [0.2, 0.25) is 0 Å². The number of benzene rings is 2. The maximum Gasteiger partial charge on any atom is 0.337 e. The Kier molecular flexibility index (Phi) is 4.70. The third kappa shape index (κ3) is 4.13. The number of nitrogens with one attached hydrogen (secondary N) is 1. The summed E-state index contributed by atoms with van der Waals surface area (Å²) in [4.78, 5) is 22.9. The molecule has 108 valence electrons. The number of rotatable bonds is 4. The van der Waals surface area contributed by atoms with Gasteiger partial charge in [-0.15, -0.1) is 0 Å². The molecule has 0 aliphatic rings. The second-order valence-corrected chi connectivity index (χ2v) is 5.26. The lowest BCUT2D eigenvalue weighted by atomic mass is 10.1. The van der Waals surface area contributed by atoms with E-state index in [0.717, 1.165) is 22.2 Å². The summed E-state index contributed by atoms with van der Waals surface area (Å²) in [6.07, 6.45) is 0.101. The summed E-state index contributed by atoms with van der Waals surface area (Å²) in [5, 5.41) is 11.5. The molecule has 1 amide bonds. The number of aromatic carboxylic acids is 1. The molecule has 0 fully saturated rings. The fraction of sp³-hybridized carbons (Fsp3) is 0.0667. The lowest BCUT2D eigenvalue weighted by Gasteiger charge is -2.08.